The first-order valence-electron chi connectivity index (χ1n) is 16.5. The van der Waals surface area contributed by atoms with Crippen molar-refractivity contribution in [3.8, 4) is 11.5 Å². The predicted octanol–water partition coefficient (Wildman–Crippen LogP) is 6.50. The van der Waals surface area contributed by atoms with Crippen LogP contribution in [0.5, 0.6) is 11.5 Å². The number of hydrogen-bond acceptors (Lipinski definition) is 14. The van der Waals surface area contributed by atoms with Crippen LogP contribution >= 0.6 is 35.3 Å². The largest absolute Gasteiger partial charge is 0.497 e. The quantitative estimate of drug-likeness (QED) is 0.181. The number of nitrogens with zero attached hydrogens (tertiary/aromatic N) is 1. The molecule has 1 amide bonds. The topological polar surface area (TPSA) is 144 Å². The molecular weight excluding hydrogens is 731 g/mol. The fourth-order valence-corrected chi connectivity index (χ4v) is 11.0. The van der Waals surface area contributed by atoms with Crippen molar-refractivity contribution in [2.24, 2.45) is 0 Å². The molecule has 2 aromatic rings. The van der Waals surface area contributed by atoms with E-state index in [1.807, 2.05) is 13.8 Å². The van der Waals surface area contributed by atoms with E-state index in [1.54, 1.807) is 75.1 Å². The Morgan fingerprint density at radius 3 is 1.63 bits per heavy atom. The van der Waals surface area contributed by atoms with Crippen molar-refractivity contribution in [3.05, 3.63) is 78.8 Å². The minimum Gasteiger partial charge on any atom is -0.497 e. The number of carbonyl (C=O) groups excluding carboxylic acids is 5. The third-order valence-electron chi connectivity index (χ3n) is 8.25. The molecule has 3 aliphatic heterocycles. The summed E-state index contributed by atoms with van der Waals surface area (Å²) in [4.78, 5) is 71.9. The lowest BCUT2D eigenvalue weighted by atomic mass is 9.83. The minimum absolute atomic E-state index is 0.00457. The molecular formula is C37H39NO11S3. The zero-order chi connectivity index (χ0) is 38.0. The molecule has 0 aliphatic carbocycles. The van der Waals surface area contributed by atoms with Gasteiger partial charge in [0.1, 0.15) is 30.3 Å². The van der Waals surface area contributed by atoms with Crippen molar-refractivity contribution >= 4 is 76.3 Å². The molecule has 3 aliphatic rings. The van der Waals surface area contributed by atoms with Crippen molar-refractivity contribution in [2.45, 2.75) is 51.2 Å². The Hall–Kier alpha value is -4.34. The minimum atomic E-state index is -1.72. The van der Waals surface area contributed by atoms with Crippen LogP contribution in [-0.4, -0.2) is 80.0 Å². The number of hydrogen-bond donors (Lipinski definition) is 0. The Labute approximate surface area is 314 Å². The molecule has 0 atom stereocenters. The molecule has 0 fully saturated rings. The fourth-order valence-electron chi connectivity index (χ4n) is 6.06. The smallest absolute Gasteiger partial charge is 0.346 e. The standard InChI is InChI=1S/C37H39NO11S3/c1-9-46-32(40)26-27(33(41)47-10-2)50-30-25(37(26)51-28(34(42)48-11-3)29(52-37)35(43)49-12-4)23-19-22(45-8)17-18-24(23)38(36(30,5)6)31(39)20-13-15-21(44-7)16-14-20/h13-19H,9-12H2,1-8H3. The van der Waals surface area contributed by atoms with Crippen LogP contribution in [-0.2, 0) is 38.1 Å². The summed E-state index contributed by atoms with van der Waals surface area (Å²) in [6.45, 7) is 10.1. The van der Waals surface area contributed by atoms with Gasteiger partial charge in [-0.15, -0.1) is 0 Å². The molecule has 0 bridgehead atoms. The van der Waals surface area contributed by atoms with Crippen LogP contribution in [0.2, 0.25) is 0 Å². The Kier molecular flexibility index (Phi) is 11.8. The van der Waals surface area contributed by atoms with Crippen molar-refractivity contribution in [3.63, 3.8) is 0 Å². The molecule has 15 heteroatoms. The third kappa shape index (κ3) is 6.69. The molecule has 2 aromatic carbocycles. The molecule has 276 valence electrons. The Morgan fingerprint density at radius 2 is 1.13 bits per heavy atom. The molecule has 3 heterocycles. The summed E-state index contributed by atoms with van der Waals surface area (Å²) in [6.07, 6.45) is 0. The summed E-state index contributed by atoms with van der Waals surface area (Å²) in [5.41, 5.74) is 0.401. The van der Waals surface area contributed by atoms with E-state index < -0.39 is 33.5 Å². The van der Waals surface area contributed by atoms with Crippen molar-refractivity contribution in [2.75, 3.05) is 45.5 Å². The van der Waals surface area contributed by atoms with E-state index >= 15 is 0 Å². The lowest BCUT2D eigenvalue weighted by Crippen LogP contribution is -2.53. The number of ether oxygens (including phenoxy) is 6. The number of rotatable bonds is 11. The molecule has 5 rings (SSSR count). The maximum atomic E-state index is 14.6. The van der Waals surface area contributed by atoms with Crippen molar-refractivity contribution < 1.29 is 52.4 Å². The number of benzene rings is 2. The summed E-state index contributed by atoms with van der Waals surface area (Å²) in [5, 5.41) is 0. The van der Waals surface area contributed by atoms with Crippen LogP contribution in [0.25, 0.3) is 5.57 Å². The van der Waals surface area contributed by atoms with Gasteiger partial charge in [-0.05, 0) is 84.0 Å². The maximum absolute atomic E-state index is 14.6. The summed E-state index contributed by atoms with van der Waals surface area (Å²) in [5.74, 6) is -2.64. The average molecular weight is 770 g/mol. The Morgan fingerprint density at radius 1 is 0.654 bits per heavy atom. The van der Waals surface area contributed by atoms with E-state index in [-0.39, 0.29) is 52.6 Å². The number of fused-ring (bicyclic) bond motifs is 3. The fraction of sp³-hybridized carbons (Fsp3) is 0.378. The predicted molar refractivity (Wildman–Crippen MR) is 200 cm³/mol. The molecule has 0 radical (unpaired) electrons. The highest BCUT2D eigenvalue weighted by atomic mass is 32.2. The van der Waals surface area contributed by atoms with E-state index in [0.717, 1.165) is 35.3 Å². The molecule has 0 unspecified atom stereocenters. The number of esters is 4. The van der Waals surface area contributed by atoms with Crippen LogP contribution in [0.3, 0.4) is 0 Å². The first-order valence-corrected chi connectivity index (χ1v) is 18.9. The number of thioether (sulfide) groups is 3. The van der Waals surface area contributed by atoms with E-state index in [1.165, 1.54) is 14.2 Å². The normalized spacial score (nSPS) is 17.0. The first kappa shape index (κ1) is 38.9. The lowest BCUT2D eigenvalue weighted by Gasteiger charge is -2.50. The molecule has 0 saturated heterocycles. The zero-order valence-electron chi connectivity index (χ0n) is 30.0. The van der Waals surface area contributed by atoms with E-state index in [9.17, 15) is 24.0 Å². The Bertz CT molecular complexity index is 1880. The first-order chi connectivity index (χ1) is 24.8. The number of amides is 1. The van der Waals surface area contributed by atoms with E-state index in [4.69, 9.17) is 28.4 Å². The maximum Gasteiger partial charge on any atom is 0.346 e. The van der Waals surface area contributed by atoms with Gasteiger partial charge in [-0.1, -0.05) is 35.3 Å². The van der Waals surface area contributed by atoms with E-state index in [2.05, 4.69) is 0 Å². The highest BCUT2D eigenvalue weighted by molar-refractivity contribution is 8.26. The second-order valence-corrected chi connectivity index (χ2v) is 15.4. The zero-order valence-corrected chi connectivity index (χ0v) is 32.5. The SMILES string of the molecule is CCOC(=O)C1=C(C(=O)OCC)SC2(S1)C(C(=O)OCC)=C(C(=O)OCC)SC1=C2c2cc(OC)ccc2N(C(=O)c2ccc(OC)cc2)C1(C)C. The average Bonchev–Trinajstić information content (AvgIpc) is 3.52. The van der Waals surface area contributed by atoms with Crippen LogP contribution in [0, 0.1) is 0 Å². The van der Waals surface area contributed by atoms with Crippen molar-refractivity contribution in [1.29, 1.82) is 0 Å². The van der Waals surface area contributed by atoms with Gasteiger partial charge in [0.2, 0.25) is 0 Å². The van der Waals surface area contributed by atoms with Gasteiger partial charge >= 0.3 is 23.9 Å². The Balaban J connectivity index is 1.89. The van der Waals surface area contributed by atoms with Crippen LogP contribution in [0.1, 0.15) is 57.5 Å². The van der Waals surface area contributed by atoms with Crippen LogP contribution in [0.15, 0.2) is 67.7 Å². The highest BCUT2D eigenvalue weighted by Gasteiger charge is 2.62. The van der Waals surface area contributed by atoms with Gasteiger partial charge in [0.05, 0.1) is 57.4 Å². The number of methoxy groups -OCH3 is 2. The lowest BCUT2D eigenvalue weighted by molar-refractivity contribution is -0.141. The van der Waals surface area contributed by atoms with Gasteiger partial charge in [-0.2, -0.15) is 0 Å². The van der Waals surface area contributed by atoms with Gasteiger partial charge in [-0.3, -0.25) is 9.69 Å². The molecule has 52 heavy (non-hydrogen) atoms. The number of carbonyl (C=O) groups is 5. The molecule has 0 saturated carbocycles. The van der Waals surface area contributed by atoms with Gasteiger partial charge in [0.15, 0.2) is 0 Å². The van der Waals surface area contributed by atoms with E-state index in [0.29, 0.717) is 38.8 Å². The summed E-state index contributed by atoms with van der Waals surface area (Å²) >= 11 is 2.77. The van der Waals surface area contributed by atoms with Gasteiger partial charge in [-0.25, -0.2) is 19.2 Å². The molecule has 1 spiro atoms. The molecule has 12 nitrogen and oxygen atoms in total. The third-order valence-corrected chi connectivity index (χ3v) is 12.9. The second kappa shape index (κ2) is 15.7. The molecule has 0 aromatic heterocycles. The van der Waals surface area contributed by atoms with Gasteiger partial charge in [0.25, 0.3) is 5.91 Å². The van der Waals surface area contributed by atoms with Crippen LogP contribution < -0.4 is 14.4 Å². The van der Waals surface area contributed by atoms with Gasteiger partial charge < -0.3 is 28.4 Å². The summed E-state index contributed by atoms with van der Waals surface area (Å²) in [6, 6.07) is 11.9. The number of anilines is 1. The second-order valence-electron chi connectivity index (χ2n) is 11.7. The molecule has 0 N–H and O–H groups in total. The monoisotopic (exact) mass is 769 g/mol. The van der Waals surface area contributed by atoms with Gasteiger partial charge in [0, 0.05) is 21.6 Å². The highest BCUT2D eigenvalue weighted by Crippen LogP contribution is 2.71. The summed E-state index contributed by atoms with van der Waals surface area (Å²) in [7, 11) is 3.03. The summed E-state index contributed by atoms with van der Waals surface area (Å²) < 4.78 is 31.2. The van der Waals surface area contributed by atoms with Crippen LogP contribution in [0.4, 0.5) is 5.69 Å². The van der Waals surface area contributed by atoms with Crippen molar-refractivity contribution in [1.82, 2.24) is 0 Å².